The van der Waals surface area contributed by atoms with Crippen LogP contribution in [0.1, 0.15) is 73.6 Å². The summed E-state index contributed by atoms with van der Waals surface area (Å²) in [6.45, 7) is 11.1. The molecule has 2 fully saturated rings. The molecular formula is C34H58N2O11S. The zero-order valence-corrected chi connectivity index (χ0v) is 30.4. The van der Waals surface area contributed by atoms with Crippen molar-refractivity contribution in [2.24, 2.45) is 29.4 Å². The molecule has 2 saturated heterocycles. The molecular weight excluding hydrogens is 644 g/mol. The number of aliphatic hydroxyl groups excluding tert-OH is 3. The van der Waals surface area contributed by atoms with Crippen LogP contribution in [0.15, 0.2) is 12.2 Å². The summed E-state index contributed by atoms with van der Waals surface area (Å²) in [5, 5.41) is 43.2. The first-order valence-electron chi connectivity index (χ1n) is 17.1. The number of carbonyl (C=O) groups excluding carboxylic acids is 2. The quantitative estimate of drug-likeness (QED) is 0.126. The van der Waals surface area contributed by atoms with E-state index in [0.717, 1.165) is 11.8 Å². The minimum atomic E-state index is -1.24. The third kappa shape index (κ3) is 10.7. The van der Waals surface area contributed by atoms with Crippen LogP contribution in [0.3, 0.4) is 0 Å². The average molecular weight is 703 g/mol. The summed E-state index contributed by atoms with van der Waals surface area (Å²) in [5.41, 5.74) is 3.89. The zero-order valence-electron chi connectivity index (χ0n) is 29.6. The highest BCUT2D eigenvalue weighted by Crippen LogP contribution is 2.45. The summed E-state index contributed by atoms with van der Waals surface area (Å²) >= 11 is 0.967. The molecule has 2 unspecified atom stereocenters. The van der Waals surface area contributed by atoms with Crippen molar-refractivity contribution in [1.82, 2.24) is 4.90 Å². The fraction of sp³-hybridized carbons (Fsp3) is 0.853. The van der Waals surface area contributed by atoms with E-state index in [1.807, 2.05) is 46.7 Å². The molecule has 0 aromatic carbocycles. The van der Waals surface area contributed by atoms with Gasteiger partial charge in [0.05, 0.1) is 36.3 Å². The number of nitrogens with zero attached hydrogens (tertiary/aromatic N) is 1. The van der Waals surface area contributed by atoms with Gasteiger partial charge in [-0.05, 0) is 71.7 Å². The topological polar surface area (TPSA) is 202 Å². The Balaban J connectivity index is 2.02. The number of ketones is 1. The fourth-order valence-corrected chi connectivity index (χ4v) is 7.94. The number of hydrogen-bond donors (Lipinski definition) is 5. The largest absolute Gasteiger partial charge is 0.480 e. The molecule has 276 valence electrons. The van der Waals surface area contributed by atoms with E-state index >= 15 is 0 Å². The van der Waals surface area contributed by atoms with E-state index in [1.54, 1.807) is 19.9 Å². The molecule has 3 aliphatic rings. The summed E-state index contributed by atoms with van der Waals surface area (Å²) < 4.78 is 24.5. The van der Waals surface area contributed by atoms with Crippen molar-refractivity contribution in [2.75, 3.05) is 19.8 Å². The lowest BCUT2D eigenvalue weighted by molar-refractivity contribution is -0.283. The van der Waals surface area contributed by atoms with Gasteiger partial charge in [-0.2, -0.15) is 0 Å². The molecule has 3 rings (SSSR count). The van der Waals surface area contributed by atoms with Crippen LogP contribution in [0.2, 0.25) is 0 Å². The number of cyclic esters (lactones) is 1. The van der Waals surface area contributed by atoms with Gasteiger partial charge in [0.2, 0.25) is 0 Å². The zero-order chi connectivity index (χ0) is 36.1. The van der Waals surface area contributed by atoms with Gasteiger partial charge in [-0.25, -0.2) is 0 Å². The Hall–Kier alpha value is -1.62. The number of ether oxygens (including phenoxy) is 4. The van der Waals surface area contributed by atoms with Crippen molar-refractivity contribution in [3.05, 3.63) is 12.2 Å². The molecule has 48 heavy (non-hydrogen) atoms. The van der Waals surface area contributed by atoms with Crippen LogP contribution in [-0.2, 0) is 33.3 Å². The third-order valence-electron chi connectivity index (χ3n) is 10.2. The second-order valence-corrected chi connectivity index (χ2v) is 15.6. The first kappa shape index (κ1) is 40.8. The second-order valence-electron chi connectivity index (χ2n) is 14.4. The molecule has 3 aliphatic heterocycles. The summed E-state index contributed by atoms with van der Waals surface area (Å²) in [7, 11) is 3.71. The van der Waals surface area contributed by atoms with E-state index in [9.17, 15) is 34.8 Å². The summed E-state index contributed by atoms with van der Waals surface area (Å²) in [5.74, 6) is -4.05. The van der Waals surface area contributed by atoms with Crippen LogP contribution in [0.5, 0.6) is 0 Å². The van der Waals surface area contributed by atoms with Crippen LogP contribution in [0, 0.1) is 23.7 Å². The molecule has 15 atom stereocenters. The normalized spacial score (nSPS) is 42.0. The molecule has 0 radical (unpaired) electrons. The number of fused-ring (bicyclic) bond motifs is 1. The van der Waals surface area contributed by atoms with Crippen LogP contribution < -0.4 is 5.73 Å². The Morgan fingerprint density at radius 3 is 2.44 bits per heavy atom. The summed E-state index contributed by atoms with van der Waals surface area (Å²) in [6.07, 6.45) is -1.04. The number of epoxide rings is 1. The van der Waals surface area contributed by atoms with Gasteiger partial charge in [0, 0.05) is 29.5 Å². The molecule has 3 heterocycles. The van der Waals surface area contributed by atoms with Crippen molar-refractivity contribution < 1.29 is 53.8 Å². The number of carboxylic acids is 1. The molecule has 0 bridgehead atoms. The fourth-order valence-electron chi connectivity index (χ4n) is 6.99. The van der Waals surface area contributed by atoms with E-state index in [2.05, 4.69) is 0 Å². The number of aliphatic carboxylic acids is 1. The minimum absolute atomic E-state index is 0.0400. The Morgan fingerprint density at radius 2 is 1.83 bits per heavy atom. The monoisotopic (exact) mass is 702 g/mol. The molecule has 13 nitrogen and oxygen atoms in total. The van der Waals surface area contributed by atoms with E-state index in [4.69, 9.17) is 24.7 Å². The van der Waals surface area contributed by atoms with Gasteiger partial charge in [0.1, 0.15) is 23.9 Å². The first-order chi connectivity index (χ1) is 22.4. The molecule has 0 spiro atoms. The van der Waals surface area contributed by atoms with Crippen molar-refractivity contribution in [1.29, 1.82) is 0 Å². The van der Waals surface area contributed by atoms with Crippen LogP contribution in [-0.4, -0.2) is 129 Å². The van der Waals surface area contributed by atoms with Gasteiger partial charge in [0.15, 0.2) is 12.1 Å². The lowest BCUT2D eigenvalue weighted by atomic mass is 9.79. The van der Waals surface area contributed by atoms with E-state index < -0.39 is 77.5 Å². The van der Waals surface area contributed by atoms with Crippen LogP contribution >= 0.6 is 11.8 Å². The van der Waals surface area contributed by atoms with Gasteiger partial charge in [0.25, 0.3) is 0 Å². The maximum atomic E-state index is 13.5. The molecule has 0 aromatic heterocycles. The minimum Gasteiger partial charge on any atom is -0.480 e. The van der Waals surface area contributed by atoms with Crippen LogP contribution in [0.25, 0.3) is 0 Å². The Bertz CT molecular complexity index is 1130. The number of esters is 1. The maximum absolute atomic E-state index is 13.5. The molecule has 0 saturated carbocycles. The Morgan fingerprint density at radius 1 is 1.17 bits per heavy atom. The van der Waals surface area contributed by atoms with Crippen molar-refractivity contribution in [2.45, 2.75) is 140 Å². The highest BCUT2D eigenvalue weighted by atomic mass is 32.2. The van der Waals surface area contributed by atoms with Gasteiger partial charge in [-0.1, -0.05) is 27.7 Å². The molecule has 0 aromatic rings. The lowest BCUT2D eigenvalue weighted by Gasteiger charge is -2.44. The predicted octanol–water partition coefficient (Wildman–Crippen LogP) is 1.94. The van der Waals surface area contributed by atoms with Gasteiger partial charge >= 0.3 is 11.9 Å². The van der Waals surface area contributed by atoms with Gasteiger partial charge in [-0.15, -0.1) is 11.8 Å². The van der Waals surface area contributed by atoms with Gasteiger partial charge < -0.3 is 50.0 Å². The predicted molar refractivity (Wildman–Crippen MR) is 180 cm³/mol. The summed E-state index contributed by atoms with van der Waals surface area (Å²) in [4.78, 5) is 39.9. The number of carbonyl (C=O) groups is 3. The smallest absolute Gasteiger partial charge is 0.321 e. The average Bonchev–Trinajstić information content (AvgIpc) is 3.70. The number of nitrogens with two attached hydrogens (primary N) is 1. The van der Waals surface area contributed by atoms with E-state index in [0.29, 0.717) is 12.8 Å². The standard InChI is InChI=1S/C34H58N2O11S/c1-9-26-20(5)31-34(6,47-31)11-10-24(37)17(2)12-21(14-28(40)48-16-22(35)32(42)43)30(19(4)25(38)15-27(39)45-26)46-33-29(41)23(36(7)8)13-18(3)44-33/h10-11,17-23,25-26,28-31,33,38,40-41H,9,12-16,35H2,1-8H3,(H,42,43)/b11-10+/t17-,18-,19+,20-,21-,22?,23+,25-,26-,28?,29-,30-,31+,33+,34+/m1/s1. The van der Waals surface area contributed by atoms with Crippen molar-refractivity contribution in [3.63, 3.8) is 0 Å². The molecule has 0 aliphatic carbocycles. The van der Waals surface area contributed by atoms with Crippen molar-refractivity contribution >= 4 is 29.5 Å². The third-order valence-corrected chi connectivity index (χ3v) is 11.3. The summed E-state index contributed by atoms with van der Waals surface area (Å²) in [6, 6.07) is -1.48. The SMILES string of the molecule is CC[C@H]1OC(=O)C[C@@H](O)[C@H](C)[C@@H](O[C@@H]2O[C@H](C)C[C@H](N(C)C)[C@H]2O)[C@@H](CC(O)SCC(N)C(=O)O)C[C@@H](C)C(=O)/C=C/[C@]2(C)O[C@H]2[C@@H]1C. The number of hydrogen-bond acceptors (Lipinski definition) is 13. The number of thioether (sulfide) groups is 1. The lowest BCUT2D eigenvalue weighted by Crippen LogP contribution is -2.56. The van der Waals surface area contributed by atoms with E-state index in [-0.39, 0.29) is 55.0 Å². The van der Waals surface area contributed by atoms with Crippen LogP contribution in [0.4, 0.5) is 0 Å². The number of allylic oxidation sites excluding steroid dienone is 1. The maximum Gasteiger partial charge on any atom is 0.321 e. The Kier molecular flexibility index (Phi) is 14.9. The Labute approximate surface area is 288 Å². The van der Waals surface area contributed by atoms with Crippen molar-refractivity contribution in [3.8, 4) is 0 Å². The van der Waals surface area contributed by atoms with E-state index in [1.165, 1.54) is 6.08 Å². The number of aliphatic hydroxyl groups is 3. The first-order valence-corrected chi connectivity index (χ1v) is 18.1. The number of carboxylic acid groups (broad SMARTS) is 1. The molecule has 6 N–H and O–H groups in total. The number of likely N-dealkylation sites (N-methyl/N-ethyl adjacent to an activating group) is 1. The molecule has 14 heteroatoms. The highest BCUT2D eigenvalue weighted by Gasteiger charge is 2.55. The van der Waals surface area contributed by atoms with Gasteiger partial charge in [-0.3, -0.25) is 14.4 Å². The highest BCUT2D eigenvalue weighted by molar-refractivity contribution is 7.99. The molecule has 0 amide bonds. The second kappa shape index (κ2) is 17.5. The number of rotatable bonds is 10.